The standard InChI is InChI=1S/C22H23NO4S/c1-22(2,3)27-20(24)12-14-9-10-17(18(11-14)26-4)23-21(25)16-13-28-19-8-6-5-7-15(16)19/h5-11,13H,12H2,1-4H3,(H,23,25). The fourth-order valence-electron chi connectivity index (χ4n) is 2.84. The molecule has 0 saturated heterocycles. The summed E-state index contributed by atoms with van der Waals surface area (Å²) in [5.41, 5.74) is 1.40. The number of carbonyl (C=O) groups is 2. The number of thiophene rings is 1. The largest absolute Gasteiger partial charge is 0.495 e. The summed E-state index contributed by atoms with van der Waals surface area (Å²) in [7, 11) is 1.53. The molecule has 1 N–H and O–H groups in total. The molecule has 6 heteroatoms. The summed E-state index contributed by atoms with van der Waals surface area (Å²) in [5, 5.41) is 5.67. The van der Waals surface area contributed by atoms with E-state index in [4.69, 9.17) is 9.47 Å². The monoisotopic (exact) mass is 397 g/mol. The Morgan fingerprint density at radius 1 is 1.11 bits per heavy atom. The second-order valence-electron chi connectivity index (χ2n) is 7.40. The van der Waals surface area contributed by atoms with Crippen molar-refractivity contribution in [2.75, 3.05) is 12.4 Å². The summed E-state index contributed by atoms with van der Waals surface area (Å²) < 4.78 is 11.8. The van der Waals surface area contributed by atoms with Crippen molar-refractivity contribution in [3.63, 3.8) is 0 Å². The molecule has 0 saturated carbocycles. The first kappa shape index (κ1) is 19.9. The number of anilines is 1. The average Bonchev–Trinajstić information content (AvgIpc) is 3.05. The number of ether oxygens (including phenoxy) is 2. The fraction of sp³-hybridized carbons (Fsp3) is 0.273. The molecule has 0 bridgehead atoms. The molecule has 0 spiro atoms. The van der Waals surface area contributed by atoms with Crippen molar-refractivity contribution in [2.24, 2.45) is 0 Å². The van der Waals surface area contributed by atoms with Crippen LogP contribution < -0.4 is 10.1 Å². The summed E-state index contributed by atoms with van der Waals surface area (Å²) in [5.74, 6) is -0.0133. The molecule has 0 fully saturated rings. The van der Waals surface area contributed by atoms with Crippen LogP contribution in [0.25, 0.3) is 10.1 Å². The van der Waals surface area contributed by atoms with Crippen molar-refractivity contribution in [2.45, 2.75) is 32.8 Å². The first-order valence-corrected chi connectivity index (χ1v) is 9.81. The highest BCUT2D eigenvalue weighted by molar-refractivity contribution is 7.17. The van der Waals surface area contributed by atoms with Crippen LogP contribution in [-0.4, -0.2) is 24.6 Å². The molecule has 0 unspecified atom stereocenters. The number of esters is 1. The molecule has 0 radical (unpaired) electrons. The number of hydrogen-bond acceptors (Lipinski definition) is 5. The van der Waals surface area contributed by atoms with Crippen LogP contribution in [0.2, 0.25) is 0 Å². The summed E-state index contributed by atoms with van der Waals surface area (Å²) in [6, 6.07) is 13.1. The number of benzene rings is 2. The van der Waals surface area contributed by atoms with Gasteiger partial charge in [-0.3, -0.25) is 9.59 Å². The van der Waals surface area contributed by atoms with Crippen molar-refractivity contribution < 1.29 is 19.1 Å². The van der Waals surface area contributed by atoms with Gasteiger partial charge in [-0.15, -0.1) is 11.3 Å². The first-order chi connectivity index (χ1) is 13.3. The Kier molecular flexibility index (Phi) is 5.70. The summed E-state index contributed by atoms with van der Waals surface area (Å²) in [6.07, 6.45) is 0.136. The third-order valence-corrected chi connectivity index (χ3v) is 4.97. The molecule has 1 heterocycles. The Bertz CT molecular complexity index is 1020. The molecule has 1 amide bonds. The third-order valence-electron chi connectivity index (χ3n) is 4.01. The zero-order valence-electron chi connectivity index (χ0n) is 16.4. The van der Waals surface area contributed by atoms with Gasteiger partial charge in [0, 0.05) is 15.5 Å². The minimum Gasteiger partial charge on any atom is -0.495 e. The fourth-order valence-corrected chi connectivity index (χ4v) is 3.78. The molecule has 0 aliphatic carbocycles. The number of amides is 1. The van der Waals surface area contributed by atoms with Gasteiger partial charge in [-0.2, -0.15) is 0 Å². The van der Waals surface area contributed by atoms with Crippen molar-refractivity contribution >= 4 is 39.0 Å². The molecule has 2 aromatic carbocycles. The van der Waals surface area contributed by atoms with E-state index in [0.717, 1.165) is 15.6 Å². The number of hydrogen-bond donors (Lipinski definition) is 1. The minimum atomic E-state index is -0.529. The lowest BCUT2D eigenvalue weighted by Gasteiger charge is -2.19. The number of fused-ring (bicyclic) bond motifs is 1. The zero-order chi connectivity index (χ0) is 20.3. The van der Waals surface area contributed by atoms with Crippen LogP contribution in [0.5, 0.6) is 5.75 Å². The molecular weight excluding hydrogens is 374 g/mol. The number of nitrogens with one attached hydrogen (secondary N) is 1. The van der Waals surface area contributed by atoms with Crippen molar-refractivity contribution in [1.82, 2.24) is 0 Å². The molecular formula is C22H23NO4S. The highest BCUT2D eigenvalue weighted by Crippen LogP contribution is 2.30. The van der Waals surface area contributed by atoms with E-state index in [1.807, 2.05) is 50.4 Å². The average molecular weight is 397 g/mol. The van der Waals surface area contributed by atoms with E-state index in [-0.39, 0.29) is 18.3 Å². The molecule has 0 aliphatic rings. The van der Waals surface area contributed by atoms with Crippen LogP contribution in [0.15, 0.2) is 47.8 Å². The molecule has 3 rings (SSSR count). The number of carbonyl (C=O) groups excluding carboxylic acids is 2. The van der Waals surface area contributed by atoms with Gasteiger partial charge < -0.3 is 14.8 Å². The Morgan fingerprint density at radius 2 is 1.86 bits per heavy atom. The Labute approximate surface area is 168 Å². The predicted molar refractivity (Wildman–Crippen MR) is 112 cm³/mol. The van der Waals surface area contributed by atoms with Crippen LogP contribution in [0.3, 0.4) is 0 Å². The SMILES string of the molecule is COc1cc(CC(=O)OC(C)(C)C)ccc1NC(=O)c1csc2ccccc12. The number of methoxy groups -OCH3 is 1. The van der Waals surface area contributed by atoms with Gasteiger partial charge in [0.05, 0.1) is 24.8 Å². The normalized spacial score (nSPS) is 11.3. The topological polar surface area (TPSA) is 64.6 Å². The highest BCUT2D eigenvalue weighted by atomic mass is 32.1. The van der Waals surface area contributed by atoms with Crippen molar-refractivity contribution in [1.29, 1.82) is 0 Å². The summed E-state index contributed by atoms with van der Waals surface area (Å²) in [4.78, 5) is 24.8. The molecule has 0 aliphatic heterocycles. The van der Waals surface area contributed by atoms with E-state index < -0.39 is 5.60 Å². The lowest BCUT2D eigenvalue weighted by molar-refractivity contribution is -0.153. The summed E-state index contributed by atoms with van der Waals surface area (Å²) in [6.45, 7) is 5.49. The van der Waals surface area contributed by atoms with Crippen LogP contribution in [-0.2, 0) is 16.0 Å². The quantitative estimate of drug-likeness (QED) is 0.612. The van der Waals surface area contributed by atoms with Gasteiger partial charge in [-0.1, -0.05) is 24.3 Å². The molecule has 146 valence electrons. The van der Waals surface area contributed by atoms with Gasteiger partial charge in [-0.05, 0) is 44.5 Å². The molecule has 1 aromatic heterocycles. The molecule has 28 heavy (non-hydrogen) atoms. The Morgan fingerprint density at radius 3 is 2.57 bits per heavy atom. The van der Waals surface area contributed by atoms with Gasteiger partial charge in [0.15, 0.2) is 0 Å². The van der Waals surface area contributed by atoms with Crippen molar-refractivity contribution in [3.05, 3.63) is 59.0 Å². The van der Waals surface area contributed by atoms with Gasteiger partial charge in [0.2, 0.25) is 0 Å². The van der Waals surface area contributed by atoms with Gasteiger partial charge in [0.1, 0.15) is 11.4 Å². The van der Waals surface area contributed by atoms with E-state index in [2.05, 4.69) is 5.32 Å². The Hall–Kier alpha value is -2.86. The van der Waals surface area contributed by atoms with Crippen LogP contribution in [0.4, 0.5) is 5.69 Å². The van der Waals surface area contributed by atoms with E-state index in [1.54, 1.807) is 18.2 Å². The smallest absolute Gasteiger partial charge is 0.310 e. The van der Waals surface area contributed by atoms with Gasteiger partial charge in [0.25, 0.3) is 5.91 Å². The Balaban J connectivity index is 1.77. The minimum absolute atomic E-state index is 0.136. The maximum Gasteiger partial charge on any atom is 0.310 e. The predicted octanol–water partition coefficient (Wildman–Crippen LogP) is 5.05. The van der Waals surface area contributed by atoms with Crippen molar-refractivity contribution in [3.8, 4) is 5.75 Å². The maximum atomic E-state index is 12.7. The van der Waals surface area contributed by atoms with Crippen LogP contribution >= 0.6 is 11.3 Å². The lowest BCUT2D eigenvalue weighted by Crippen LogP contribution is -2.24. The van der Waals surface area contributed by atoms with Crippen LogP contribution in [0, 0.1) is 0 Å². The second-order valence-corrected chi connectivity index (χ2v) is 8.31. The maximum absolute atomic E-state index is 12.7. The molecule has 3 aromatic rings. The van der Waals surface area contributed by atoms with E-state index in [1.165, 1.54) is 18.4 Å². The van der Waals surface area contributed by atoms with E-state index >= 15 is 0 Å². The van der Waals surface area contributed by atoms with Gasteiger partial charge >= 0.3 is 5.97 Å². The highest BCUT2D eigenvalue weighted by Gasteiger charge is 2.18. The van der Waals surface area contributed by atoms with E-state index in [9.17, 15) is 9.59 Å². The second kappa shape index (κ2) is 8.02. The lowest BCUT2D eigenvalue weighted by atomic mass is 10.1. The van der Waals surface area contributed by atoms with E-state index in [0.29, 0.717) is 17.0 Å². The zero-order valence-corrected chi connectivity index (χ0v) is 17.2. The number of rotatable bonds is 5. The summed E-state index contributed by atoms with van der Waals surface area (Å²) >= 11 is 1.53. The van der Waals surface area contributed by atoms with Crippen LogP contribution in [0.1, 0.15) is 36.7 Å². The molecule has 5 nitrogen and oxygen atoms in total. The first-order valence-electron chi connectivity index (χ1n) is 8.93. The third kappa shape index (κ3) is 4.70. The molecule has 0 atom stereocenters. The van der Waals surface area contributed by atoms with Gasteiger partial charge in [-0.25, -0.2) is 0 Å².